The molecule has 2 amide bonds. The van der Waals surface area contributed by atoms with Crippen molar-refractivity contribution in [3.05, 3.63) is 65.2 Å². The van der Waals surface area contributed by atoms with Crippen LogP contribution in [0.5, 0.6) is 0 Å². The summed E-state index contributed by atoms with van der Waals surface area (Å²) in [5.41, 5.74) is 2.75. The molecule has 0 aliphatic carbocycles. The number of aliphatic carboxylic acids is 1. The van der Waals surface area contributed by atoms with Gasteiger partial charge in [-0.25, -0.2) is 4.79 Å². The predicted molar refractivity (Wildman–Crippen MR) is 148 cm³/mol. The van der Waals surface area contributed by atoms with Crippen molar-refractivity contribution in [2.75, 3.05) is 45.2 Å². The van der Waals surface area contributed by atoms with Crippen LogP contribution >= 0.6 is 0 Å². The number of hydrogen-bond acceptors (Lipinski definition) is 6. The second kappa shape index (κ2) is 15.3. The van der Waals surface area contributed by atoms with Crippen molar-refractivity contribution >= 4 is 29.4 Å². The second-order valence-electron chi connectivity index (χ2n) is 10.2. The molecule has 230 valence electrons. The standard InChI is InChI=1S/C28H37N3O4.C2HF3O2/c1-5-30(6-2)27(33)23-15-11-17-31(19-23,18-22-13-8-7-9-14-22)20-25(32)29-26-21(3)12-10-16-24(26)28(34)35-4;3-2(4,5)1(6)7/h7-10,12-14,16,23H,5-6,11,15,17-20H2,1-4H3;(H,6,7). The lowest BCUT2D eigenvalue weighted by molar-refractivity contribution is -0.940. The number of para-hydroxylation sites is 1. The maximum Gasteiger partial charge on any atom is 0.430 e. The van der Waals surface area contributed by atoms with E-state index in [0.29, 0.717) is 41.9 Å². The molecule has 2 atom stereocenters. The maximum atomic E-state index is 13.4. The monoisotopic (exact) mass is 593 g/mol. The lowest BCUT2D eigenvalue weighted by Gasteiger charge is -2.44. The average Bonchev–Trinajstić information content (AvgIpc) is 2.94. The van der Waals surface area contributed by atoms with Gasteiger partial charge in [-0.15, -0.1) is 0 Å². The number of ether oxygens (including phenoxy) is 1. The minimum absolute atomic E-state index is 0.107. The number of likely N-dealkylation sites (tertiary alicyclic amines) is 1. The van der Waals surface area contributed by atoms with Crippen LogP contribution in [0.25, 0.3) is 0 Å². The summed E-state index contributed by atoms with van der Waals surface area (Å²) in [6, 6.07) is 15.4. The topological polar surface area (TPSA) is 116 Å². The first-order valence-electron chi connectivity index (χ1n) is 13.7. The van der Waals surface area contributed by atoms with Crippen LogP contribution in [0.4, 0.5) is 18.9 Å². The number of nitrogens with one attached hydrogen (secondary N) is 1. The number of aryl methyl sites for hydroxylation is 1. The van der Waals surface area contributed by atoms with Crippen LogP contribution in [0.2, 0.25) is 0 Å². The molecular formula is C30H38F3N3O6. The van der Waals surface area contributed by atoms with Gasteiger partial charge in [0.1, 0.15) is 12.5 Å². The van der Waals surface area contributed by atoms with Crippen molar-refractivity contribution in [1.29, 1.82) is 0 Å². The fraction of sp³-hybridized carbons (Fsp3) is 0.467. The number of hydrogen-bond donors (Lipinski definition) is 1. The highest BCUT2D eigenvalue weighted by molar-refractivity contribution is 6.02. The zero-order chi connectivity index (χ0) is 31.5. The lowest BCUT2D eigenvalue weighted by Crippen LogP contribution is -2.59. The predicted octanol–water partition coefficient (Wildman–Crippen LogP) is 3.31. The summed E-state index contributed by atoms with van der Waals surface area (Å²) in [5.74, 6) is -3.59. The molecule has 1 heterocycles. The van der Waals surface area contributed by atoms with Gasteiger partial charge < -0.3 is 29.3 Å². The van der Waals surface area contributed by atoms with Gasteiger partial charge in [0.05, 0.1) is 37.4 Å². The minimum atomic E-state index is -5.19. The van der Waals surface area contributed by atoms with Crippen LogP contribution in [0.3, 0.4) is 0 Å². The molecular weight excluding hydrogens is 555 g/mol. The third-order valence-corrected chi connectivity index (χ3v) is 7.23. The fourth-order valence-electron chi connectivity index (χ4n) is 5.23. The Morgan fingerprint density at radius 1 is 1.05 bits per heavy atom. The molecule has 1 saturated heterocycles. The number of nitrogens with zero attached hydrogens (tertiary/aromatic N) is 2. The molecule has 12 heteroatoms. The Hall–Kier alpha value is -3.93. The van der Waals surface area contributed by atoms with Gasteiger partial charge in [0.2, 0.25) is 5.91 Å². The van der Waals surface area contributed by atoms with Gasteiger partial charge in [0, 0.05) is 18.7 Å². The Morgan fingerprint density at radius 2 is 1.67 bits per heavy atom. The van der Waals surface area contributed by atoms with Gasteiger partial charge in [-0.3, -0.25) is 9.59 Å². The van der Waals surface area contributed by atoms with Gasteiger partial charge in [0.25, 0.3) is 5.91 Å². The van der Waals surface area contributed by atoms with E-state index in [9.17, 15) is 27.6 Å². The summed E-state index contributed by atoms with van der Waals surface area (Å²) in [5, 5.41) is 11.8. The molecule has 1 N–H and O–H groups in total. The van der Waals surface area contributed by atoms with Crippen molar-refractivity contribution < 1.29 is 46.7 Å². The van der Waals surface area contributed by atoms with Crippen LogP contribution in [-0.4, -0.2) is 79.1 Å². The number of alkyl halides is 3. The summed E-state index contributed by atoms with van der Waals surface area (Å²) < 4.78 is 37.0. The van der Waals surface area contributed by atoms with Crippen molar-refractivity contribution in [2.45, 2.75) is 46.3 Å². The number of methoxy groups -OCH3 is 1. The van der Waals surface area contributed by atoms with E-state index in [0.717, 1.165) is 30.5 Å². The zero-order valence-corrected chi connectivity index (χ0v) is 24.3. The van der Waals surface area contributed by atoms with Crippen molar-refractivity contribution in [2.24, 2.45) is 5.92 Å². The van der Waals surface area contributed by atoms with Crippen molar-refractivity contribution in [3.63, 3.8) is 0 Å². The molecule has 0 bridgehead atoms. The Balaban J connectivity index is 0.000000782. The van der Waals surface area contributed by atoms with Crippen molar-refractivity contribution in [1.82, 2.24) is 4.90 Å². The number of rotatable bonds is 9. The van der Waals surface area contributed by atoms with E-state index in [1.807, 2.05) is 49.9 Å². The largest absolute Gasteiger partial charge is 0.542 e. The zero-order valence-electron chi connectivity index (χ0n) is 24.3. The molecule has 1 fully saturated rings. The van der Waals surface area contributed by atoms with Crippen LogP contribution in [0, 0.1) is 12.8 Å². The number of carbonyl (C=O) groups is 4. The van der Waals surface area contributed by atoms with Crippen LogP contribution in [-0.2, 0) is 25.7 Å². The highest BCUT2D eigenvalue weighted by atomic mass is 19.4. The quantitative estimate of drug-likeness (QED) is 0.353. The average molecular weight is 594 g/mol. The van der Waals surface area contributed by atoms with E-state index in [1.54, 1.807) is 12.1 Å². The molecule has 0 radical (unpaired) electrons. The molecule has 2 unspecified atom stereocenters. The Morgan fingerprint density at radius 3 is 2.21 bits per heavy atom. The van der Waals surface area contributed by atoms with Gasteiger partial charge in [-0.2, -0.15) is 13.2 Å². The number of benzene rings is 2. The summed E-state index contributed by atoms with van der Waals surface area (Å²) >= 11 is 0. The molecule has 2 aromatic carbocycles. The summed E-state index contributed by atoms with van der Waals surface area (Å²) in [4.78, 5) is 49.6. The molecule has 0 saturated carbocycles. The smallest absolute Gasteiger partial charge is 0.430 e. The molecule has 3 rings (SSSR count). The molecule has 9 nitrogen and oxygen atoms in total. The lowest BCUT2D eigenvalue weighted by atomic mass is 9.93. The van der Waals surface area contributed by atoms with E-state index in [2.05, 4.69) is 17.4 Å². The van der Waals surface area contributed by atoms with Gasteiger partial charge >= 0.3 is 12.1 Å². The van der Waals surface area contributed by atoms with E-state index < -0.39 is 18.1 Å². The number of halogens is 3. The number of esters is 1. The van der Waals surface area contributed by atoms with Crippen LogP contribution in [0.1, 0.15) is 48.2 Å². The normalized spacial score (nSPS) is 18.2. The number of carboxylic acid groups (broad SMARTS) is 1. The van der Waals surface area contributed by atoms with Gasteiger partial charge in [-0.1, -0.05) is 42.5 Å². The Labute approximate surface area is 243 Å². The van der Waals surface area contributed by atoms with E-state index in [1.165, 1.54) is 7.11 Å². The number of carbonyl (C=O) groups excluding carboxylic acids is 4. The first-order chi connectivity index (χ1) is 19.8. The number of quaternary nitrogens is 1. The van der Waals surface area contributed by atoms with E-state index >= 15 is 0 Å². The second-order valence-corrected chi connectivity index (χ2v) is 10.2. The van der Waals surface area contributed by atoms with Gasteiger partial charge in [-0.05, 0) is 45.2 Å². The number of anilines is 1. The molecule has 1 aliphatic rings. The van der Waals surface area contributed by atoms with Crippen LogP contribution in [0.15, 0.2) is 48.5 Å². The highest BCUT2D eigenvalue weighted by Gasteiger charge is 2.41. The first-order valence-corrected chi connectivity index (χ1v) is 13.7. The molecule has 42 heavy (non-hydrogen) atoms. The summed E-state index contributed by atoms with van der Waals surface area (Å²) in [7, 11) is 1.33. The Bertz CT molecular complexity index is 1230. The maximum absolute atomic E-state index is 13.4. The third kappa shape index (κ3) is 9.57. The van der Waals surface area contributed by atoms with Crippen LogP contribution < -0.4 is 10.4 Å². The summed E-state index contributed by atoms with van der Waals surface area (Å²) in [6.07, 6.45) is -3.47. The summed E-state index contributed by atoms with van der Waals surface area (Å²) in [6.45, 7) is 9.59. The number of amides is 2. The first kappa shape index (κ1) is 34.3. The highest BCUT2D eigenvalue weighted by Crippen LogP contribution is 2.29. The number of piperidine rings is 1. The molecule has 0 spiro atoms. The van der Waals surface area contributed by atoms with Gasteiger partial charge in [0.15, 0.2) is 6.54 Å². The molecule has 2 aromatic rings. The van der Waals surface area contributed by atoms with Crippen molar-refractivity contribution in [3.8, 4) is 0 Å². The van der Waals surface area contributed by atoms with E-state index in [-0.39, 0.29) is 24.3 Å². The molecule has 0 aromatic heterocycles. The third-order valence-electron chi connectivity index (χ3n) is 7.23. The Kier molecular flexibility index (Phi) is 12.5. The fourth-order valence-corrected chi connectivity index (χ4v) is 5.23. The number of carboxylic acids is 1. The SMILES string of the molecule is CCN(CC)C(=O)C1CCC[N+](CC(=O)Nc2c(C)cccc2C(=O)OC)(Cc2ccccc2)C1.O=C([O-])C(F)(F)F. The molecule has 1 aliphatic heterocycles. The van der Waals surface area contributed by atoms with E-state index in [4.69, 9.17) is 14.6 Å². The minimum Gasteiger partial charge on any atom is -0.542 e.